The van der Waals surface area contributed by atoms with Crippen LogP contribution in [0.3, 0.4) is 0 Å². The van der Waals surface area contributed by atoms with Gasteiger partial charge in [-0.15, -0.1) is 0 Å². The predicted molar refractivity (Wildman–Crippen MR) is 115 cm³/mol. The van der Waals surface area contributed by atoms with Gasteiger partial charge in [-0.05, 0) is 36.6 Å². The summed E-state index contributed by atoms with van der Waals surface area (Å²) < 4.78 is 13.9. The van der Waals surface area contributed by atoms with Crippen molar-refractivity contribution in [1.82, 2.24) is 10.2 Å². The number of piperazine rings is 1. The van der Waals surface area contributed by atoms with Crippen molar-refractivity contribution in [2.45, 2.75) is 6.42 Å². The number of benzene rings is 2. The second-order valence-corrected chi connectivity index (χ2v) is 7.95. The molecule has 0 saturated carbocycles. The zero-order valence-corrected chi connectivity index (χ0v) is 16.8. The average Bonchev–Trinajstić information content (AvgIpc) is 3.23. The largest absolute Gasteiger partial charge is 0.371 e. The molecule has 0 bridgehead atoms. The summed E-state index contributed by atoms with van der Waals surface area (Å²) in [5, 5.41) is 3.12. The average molecular weight is 397 g/mol. The lowest BCUT2D eigenvalue weighted by molar-refractivity contribution is -0.122. The Morgan fingerprint density at radius 2 is 1.66 bits per heavy atom. The molecule has 2 aromatic rings. The van der Waals surface area contributed by atoms with E-state index in [0.29, 0.717) is 18.2 Å². The van der Waals surface area contributed by atoms with Crippen LogP contribution in [0.15, 0.2) is 54.6 Å². The Morgan fingerprint density at radius 1 is 0.931 bits per heavy atom. The second-order valence-electron chi connectivity index (χ2n) is 7.95. The van der Waals surface area contributed by atoms with Gasteiger partial charge in [0.25, 0.3) is 0 Å². The first-order valence-electron chi connectivity index (χ1n) is 10.5. The zero-order chi connectivity index (χ0) is 20.1. The van der Waals surface area contributed by atoms with E-state index in [-0.39, 0.29) is 11.7 Å². The maximum Gasteiger partial charge on any atom is 0.234 e. The van der Waals surface area contributed by atoms with E-state index in [1.54, 1.807) is 6.07 Å². The molecule has 1 N–H and O–H groups in total. The maximum absolute atomic E-state index is 13.9. The number of anilines is 2. The monoisotopic (exact) mass is 396 g/mol. The topological polar surface area (TPSA) is 38.8 Å². The van der Waals surface area contributed by atoms with E-state index >= 15 is 0 Å². The Balaban J connectivity index is 1.17. The van der Waals surface area contributed by atoms with Gasteiger partial charge in [-0.2, -0.15) is 0 Å². The van der Waals surface area contributed by atoms with E-state index in [0.717, 1.165) is 52.2 Å². The highest BCUT2D eigenvalue weighted by Crippen LogP contribution is 2.23. The number of rotatable bonds is 6. The first kappa shape index (κ1) is 19.7. The van der Waals surface area contributed by atoms with E-state index < -0.39 is 0 Å². The van der Waals surface area contributed by atoms with Crippen molar-refractivity contribution >= 4 is 17.3 Å². The van der Waals surface area contributed by atoms with E-state index in [1.165, 1.54) is 11.8 Å². The van der Waals surface area contributed by atoms with E-state index in [2.05, 4.69) is 44.3 Å². The molecule has 2 saturated heterocycles. The molecule has 2 fully saturated rings. The molecule has 2 aliphatic rings. The maximum atomic E-state index is 13.9. The molecule has 1 atom stereocenters. The summed E-state index contributed by atoms with van der Waals surface area (Å²) in [5.74, 6) is 0.402. The molecule has 0 unspecified atom stereocenters. The van der Waals surface area contributed by atoms with Gasteiger partial charge < -0.3 is 15.1 Å². The van der Waals surface area contributed by atoms with Gasteiger partial charge in [-0.1, -0.05) is 30.3 Å². The summed E-state index contributed by atoms with van der Waals surface area (Å²) in [6, 6.07) is 17.3. The van der Waals surface area contributed by atoms with Gasteiger partial charge in [0.1, 0.15) is 5.82 Å². The third kappa shape index (κ3) is 5.07. The van der Waals surface area contributed by atoms with Crippen molar-refractivity contribution < 1.29 is 9.18 Å². The number of nitrogens with one attached hydrogen (secondary N) is 1. The summed E-state index contributed by atoms with van der Waals surface area (Å²) in [5.41, 5.74) is 1.91. The normalized spacial score (nSPS) is 20.1. The van der Waals surface area contributed by atoms with E-state index in [1.807, 2.05) is 18.2 Å². The number of nitrogens with zero attached hydrogens (tertiary/aromatic N) is 3. The van der Waals surface area contributed by atoms with Gasteiger partial charge in [-0.3, -0.25) is 9.69 Å². The van der Waals surface area contributed by atoms with Gasteiger partial charge in [0, 0.05) is 51.5 Å². The van der Waals surface area contributed by atoms with Crippen molar-refractivity contribution in [2.24, 2.45) is 5.92 Å². The summed E-state index contributed by atoms with van der Waals surface area (Å²) in [4.78, 5) is 19.0. The van der Waals surface area contributed by atoms with Crippen LogP contribution in [0.2, 0.25) is 0 Å². The molecule has 6 heteroatoms. The lowest BCUT2D eigenvalue weighted by Gasteiger charge is -2.35. The van der Waals surface area contributed by atoms with Crippen LogP contribution < -0.4 is 15.1 Å². The summed E-state index contributed by atoms with van der Waals surface area (Å²) in [7, 11) is 0. The fourth-order valence-corrected chi connectivity index (χ4v) is 4.24. The smallest absolute Gasteiger partial charge is 0.234 e. The Morgan fingerprint density at radius 3 is 2.41 bits per heavy atom. The van der Waals surface area contributed by atoms with Gasteiger partial charge in [0.05, 0.1) is 12.2 Å². The van der Waals surface area contributed by atoms with Crippen LogP contribution in [-0.2, 0) is 4.79 Å². The van der Waals surface area contributed by atoms with Crippen LogP contribution in [0.5, 0.6) is 0 Å². The quantitative estimate of drug-likeness (QED) is 0.815. The Bertz CT molecular complexity index is 808. The number of para-hydroxylation sites is 2. The number of hydrogen-bond donors (Lipinski definition) is 1. The first-order chi connectivity index (χ1) is 14.2. The third-order valence-electron chi connectivity index (χ3n) is 5.93. The Hall–Kier alpha value is -2.60. The summed E-state index contributed by atoms with van der Waals surface area (Å²) in [6.45, 7) is 6.21. The molecular formula is C23H29FN4O. The molecule has 2 aromatic carbocycles. The number of hydrogen-bond acceptors (Lipinski definition) is 4. The molecule has 0 spiro atoms. The van der Waals surface area contributed by atoms with Crippen LogP contribution in [0.4, 0.5) is 15.8 Å². The second kappa shape index (κ2) is 9.27. The van der Waals surface area contributed by atoms with Crippen molar-refractivity contribution in [3.8, 4) is 0 Å². The molecule has 0 radical (unpaired) electrons. The molecule has 4 rings (SSSR count). The Labute approximate surface area is 172 Å². The molecular weight excluding hydrogens is 367 g/mol. The minimum Gasteiger partial charge on any atom is -0.371 e. The fraction of sp³-hybridized carbons (Fsp3) is 0.435. The van der Waals surface area contributed by atoms with Gasteiger partial charge in [-0.25, -0.2) is 4.39 Å². The highest BCUT2D eigenvalue weighted by molar-refractivity contribution is 5.78. The highest BCUT2D eigenvalue weighted by atomic mass is 19.1. The first-order valence-corrected chi connectivity index (χ1v) is 10.5. The van der Waals surface area contributed by atoms with Crippen molar-refractivity contribution in [3.63, 3.8) is 0 Å². The number of carbonyl (C=O) groups excluding carboxylic acids is 1. The minimum absolute atomic E-state index is 0.0857. The van der Waals surface area contributed by atoms with Gasteiger partial charge in [0.2, 0.25) is 5.91 Å². The van der Waals surface area contributed by atoms with Crippen molar-refractivity contribution in [1.29, 1.82) is 0 Å². The molecule has 0 aromatic heterocycles. The standard InChI is InChI=1S/C23H29FN4O/c24-21-8-4-5-9-22(21)27-14-12-26(13-15-27)18-23(29)25-16-19-10-11-28(17-19)20-6-2-1-3-7-20/h1-9,19H,10-18H2,(H,25,29)/t19-/m1/s1. The van der Waals surface area contributed by atoms with Crippen LogP contribution in [-0.4, -0.2) is 63.2 Å². The zero-order valence-electron chi connectivity index (χ0n) is 16.8. The van der Waals surface area contributed by atoms with Gasteiger partial charge >= 0.3 is 0 Å². The van der Waals surface area contributed by atoms with Crippen LogP contribution in [0, 0.1) is 11.7 Å². The molecule has 1 amide bonds. The van der Waals surface area contributed by atoms with Crippen LogP contribution in [0.1, 0.15) is 6.42 Å². The van der Waals surface area contributed by atoms with Crippen LogP contribution >= 0.6 is 0 Å². The van der Waals surface area contributed by atoms with E-state index in [4.69, 9.17) is 0 Å². The molecule has 154 valence electrons. The molecule has 2 heterocycles. The lowest BCUT2D eigenvalue weighted by atomic mass is 10.1. The van der Waals surface area contributed by atoms with Gasteiger partial charge in [0.15, 0.2) is 0 Å². The number of halogens is 1. The minimum atomic E-state index is -0.181. The molecule has 0 aliphatic carbocycles. The van der Waals surface area contributed by atoms with Crippen molar-refractivity contribution in [3.05, 3.63) is 60.4 Å². The predicted octanol–water partition coefficient (Wildman–Crippen LogP) is 2.59. The summed E-state index contributed by atoms with van der Waals surface area (Å²) >= 11 is 0. The van der Waals surface area contributed by atoms with E-state index in [9.17, 15) is 9.18 Å². The molecule has 29 heavy (non-hydrogen) atoms. The molecule has 5 nitrogen and oxygen atoms in total. The lowest BCUT2D eigenvalue weighted by Crippen LogP contribution is -2.50. The molecule has 2 aliphatic heterocycles. The Kier molecular flexibility index (Phi) is 6.30. The summed E-state index contributed by atoms with van der Waals surface area (Å²) in [6.07, 6.45) is 1.11. The fourth-order valence-electron chi connectivity index (χ4n) is 4.24. The number of carbonyl (C=O) groups is 1. The highest BCUT2D eigenvalue weighted by Gasteiger charge is 2.24. The number of amides is 1. The third-order valence-corrected chi connectivity index (χ3v) is 5.93. The van der Waals surface area contributed by atoms with Crippen LogP contribution in [0.25, 0.3) is 0 Å². The SMILES string of the molecule is O=C(CN1CCN(c2ccccc2F)CC1)NC[C@H]1CCN(c2ccccc2)C1. The van der Waals surface area contributed by atoms with Crippen molar-refractivity contribution in [2.75, 3.05) is 62.2 Å².